The van der Waals surface area contributed by atoms with E-state index in [2.05, 4.69) is 40.0 Å². The normalized spacial score (nSPS) is 15.5. The van der Waals surface area contributed by atoms with Crippen LogP contribution in [0, 0.1) is 6.57 Å². The molecule has 12 heteroatoms. The predicted octanol–water partition coefficient (Wildman–Crippen LogP) is 6.10. The molecule has 0 radical (unpaired) electrons. The average molecular weight is 510 g/mol. The molecule has 37 heavy (non-hydrogen) atoms. The molecule has 0 aromatic carbocycles. The summed E-state index contributed by atoms with van der Waals surface area (Å²) in [6.07, 6.45) is 0.974. The fraction of sp³-hybridized carbons (Fsp3) is 0.320. The molecule has 5 rings (SSSR count). The van der Waals surface area contributed by atoms with Crippen LogP contribution < -0.4 is 10.2 Å². The molecule has 0 saturated carbocycles. The van der Waals surface area contributed by atoms with E-state index in [9.17, 15) is 17.6 Å². The summed E-state index contributed by atoms with van der Waals surface area (Å²) < 4.78 is 53.2. The van der Waals surface area contributed by atoms with Gasteiger partial charge in [0.05, 0.1) is 23.9 Å². The van der Waals surface area contributed by atoms with Crippen LogP contribution in [0.25, 0.3) is 27.1 Å². The van der Waals surface area contributed by atoms with Crippen molar-refractivity contribution in [3.8, 4) is 11.3 Å². The molecule has 1 aliphatic rings. The summed E-state index contributed by atoms with van der Waals surface area (Å²) in [5.41, 5.74) is 0.824. The molecule has 1 atom stereocenters. The number of nitrogens with zero attached hydrogens (tertiary/aromatic N) is 6. The van der Waals surface area contributed by atoms with Gasteiger partial charge in [-0.2, -0.15) is 13.2 Å². The van der Waals surface area contributed by atoms with Crippen molar-refractivity contribution in [1.29, 1.82) is 0 Å². The first kappa shape index (κ1) is 24.4. The third-order valence-electron chi connectivity index (χ3n) is 6.37. The molecule has 1 fully saturated rings. The maximum absolute atomic E-state index is 13.4. The van der Waals surface area contributed by atoms with Crippen molar-refractivity contribution in [2.45, 2.75) is 38.2 Å². The number of nitrogens with one attached hydrogen (secondary N) is 2. The Morgan fingerprint density at radius 1 is 1.14 bits per heavy atom. The lowest BCUT2D eigenvalue weighted by Gasteiger charge is -2.29. The summed E-state index contributed by atoms with van der Waals surface area (Å²) in [5.74, 6) is 0.993. The highest BCUT2D eigenvalue weighted by molar-refractivity contribution is 5.96. The zero-order valence-corrected chi connectivity index (χ0v) is 19.7. The lowest BCUT2D eigenvalue weighted by Crippen LogP contribution is -2.34. The number of anilines is 2. The number of halogens is 4. The molecule has 2 N–H and O–H groups in total. The van der Waals surface area contributed by atoms with Gasteiger partial charge in [-0.15, -0.1) is 0 Å². The molecule has 4 aromatic rings. The largest absolute Gasteiger partial charge is 0.417 e. The molecule has 0 spiro atoms. The van der Waals surface area contributed by atoms with Crippen LogP contribution in [0.5, 0.6) is 0 Å². The lowest BCUT2D eigenvalue weighted by molar-refractivity contribution is -0.137. The van der Waals surface area contributed by atoms with Crippen LogP contribution in [0.4, 0.5) is 35.0 Å². The van der Waals surface area contributed by atoms with Crippen molar-refractivity contribution < 1.29 is 17.6 Å². The average Bonchev–Trinajstić information content (AvgIpc) is 3.32. The SMILES string of the molecule is [C-]#[N+]c1cnc(NC(C)c2ccc(N3CCC(F)CC3)nc2)nc1-c1c[nH]c2ncc(C(F)(F)F)cc12. The molecular formula is C25H22F4N8. The van der Waals surface area contributed by atoms with Gasteiger partial charge in [0.25, 0.3) is 0 Å². The van der Waals surface area contributed by atoms with Crippen LogP contribution >= 0.6 is 0 Å². The fourth-order valence-electron chi connectivity index (χ4n) is 4.27. The number of pyridine rings is 2. The van der Waals surface area contributed by atoms with Gasteiger partial charge in [0, 0.05) is 48.8 Å². The van der Waals surface area contributed by atoms with Gasteiger partial charge in [-0.25, -0.2) is 29.2 Å². The Kier molecular flexibility index (Phi) is 6.37. The zero-order valence-electron chi connectivity index (χ0n) is 19.7. The fourth-order valence-corrected chi connectivity index (χ4v) is 4.27. The Bertz CT molecular complexity index is 1450. The molecule has 0 bridgehead atoms. The van der Waals surface area contributed by atoms with Gasteiger partial charge >= 0.3 is 6.18 Å². The molecule has 5 heterocycles. The van der Waals surface area contributed by atoms with Crippen LogP contribution in [-0.2, 0) is 6.18 Å². The summed E-state index contributed by atoms with van der Waals surface area (Å²) in [4.78, 5) is 25.4. The van der Waals surface area contributed by atoms with E-state index in [1.165, 1.54) is 12.4 Å². The quantitative estimate of drug-likeness (QED) is 0.249. The number of fused-ring (bicyclic) bond motifs is 1. The van der Waals surface area contributed by atoms with Gasteiger partial charge < -0.3 is 15.2 Å². The van der Waals surface area contributed by atoms with E-state index in [1.807, 2.05) is 19.1 Å². The number of piperidine rings is 1. The highest BCUT2D eigenvalue weighted by atomic mass is 19.4. The molecule has 8 nitrogen and oxygen atoms in total. The van der Waals surface area contributed by atoms with Gasteiger partial charge in [-0.05, 0) is 37.5 Å². The molecule has 0 amide bonds. The Balaban J connectivity index is 1.40. The van der Waals surface area contributed by atoms with Gasteiger partial charge in [0.2, 0.25) is 11.6 Å². The first-order valence-corrected chi connectivity index (χ1v) is 11.6. The summed E-state index contributed by atoms with van der Waals surface area (Å²) in [6, 6.07) is 4.53. The van der Waals surface area contributed by atoms with Crippen LogP contribution in [0.15, 0.2) is 43.0 Å². The Hall–Kier alpha value is -4.27. The van der Waals surface area contributed by atoms with E-state index in [4.69, 9.17) is 6.57 Å². The Labute approximate surface area is 209 Å². The second-order valence-electron chi connectivity index (χ2n) is 8.84. The first-order valence-electron chi connectivity index (χ1n) is 11.6. The van der Waals surface area contributed by atoms with Crippen molar-refractivity contribution in [3.63, 3.8) is 0 Å². The van der Waals surface area contributed by atoms with E-state index in [0.29, 0.717) is 31.5 Å². The molecule has 0 aliphatic carbocycles. The molecule has 1 saturated heterocycles. The van der Waals surface area contributed by atoms with Crippen molar-refractivity contribution >= 4 is 28.5 Å². The number of hydrogen-bond donors (Lipinski definition) is 2. The molecule has 1 unspecified atom stereocenters. The van der Waals surface area contributed by atoms with Gasteiger partial charge in [-0.3, -0.25) is 0 Å². The number of H-pyrrole nitrogens is 1. The highest BCUT2D eigenvalue weighted by Gasteiger charge is 2.31. The zero-order chi connectivity index (χ0) is 26.2. The summed E-state index contributed by atoms with van der Waals surface area (Å²) in [5, 5.41) is 3.37. The van der Waals surface area contributed by atoms with Crippen molar-refractivity contribution in [1.82, 2.24) is 24.9 Å². The predicted molar refractivity (Wildman–Crippen MR) is 131 cm³/mol. The third-order valence-corrected chi connectivity index (χ3v) is 6.37. The topological polar surface area (TPSA) is 87.0 Å². The van der Waals surface area contributed by atoms with Crippen molar-refractivity contribution in [3.05, 3.63) is 65.5 Å². The number of aromatic nitrogens is 5. The van der Waals surface area contributed by atoms with Gasteiger partial charge in [0.1, 0.15) is 17.6 Å². The minimum atomic E-state index is -4.56. The number of rotatable bonds is 5. The Morgan fingerprint density at radius 3 is 2.59 bits per heavy atom. The van der Waals surface area contributed by atoms with Crippen LogP contribution in [0.3, 0.4) is 0 Å². The summed E-state index contributed by atoms with van der Waals surface area (Å²) in [6.45, 7) is 10.6. The Morgan fingerprint density at radius 2 is 1.92 bits per heavy atom. The van der Waals surface area contributed by atoms with Gasteiger partial charge in [-0.1, -0.05) is 6.07 Å². The standard InChI is InChI=1S/C25H22F4N8/c1-14(15-3-4-21(31-10-15)37-7-5-17(26)6-8-37)35-24-34-13-20(30-2)22(36-24)19-12-33-23-18(19)9-16(11-32-23)25(27,28)29/h3-4,9-14,17H,5-8H2,1H3,(H,32,33)(H,34,35,36). The molecule has 190 valence electrons. The first-order chi connectivity index (χ1) is 17.7. The minimum Gasteiger partial charge on any atom is -0.356 e. The van der Waals surface area contributed by atoms with E-state index >= 15 is 0 Å². The second kappa shape index (κ2) is 9.65. The van der Waals surface area contributed by atoms with Crippen molar-refractivity contribution in [2.24, 2.45) is 0 Å². The number of hydrogen-bond acceptors (Lipinski definition) is 6. The van der Waals surface area contributed by atoms with E-state index in [1.54, 1.807) is 6.20 Å². The smallest absolute Gasteiger partial charge is 0.356 e. The lowest BCUT2D eigenvalue weighted by atomic mass is 10.1. The highest BCUT2D eigenvalue weighted by Crippen LogP contribution is 2.37. The summed E-state index contributed by atoms with van der Waals surface area (Å²) in [7, 11) is 0. The second-order valence-corrected chi connectivity index (χ2v) is 8.84. The van der Waals surface area contributed by atoms with Crippen LogP contribution in [-0.4, -0.2) is 44.2 Å². The van der Waals surface area contributed by atoms with E-state index in [-0.39, 0.29) is 34.4 Å². The number of alkyl halides is 4. The third kappa shape index (κ3) is 5.02. The summed E-state index contributed by atoms with van der Waals surface area (Å²) >= 11 is 0. The van der Waals surface area contributed by atoms with E-state index in [0.717, 1.165) is 23.6 Å². The molecule has 1 aliphatic heterocycles. The maximum Gasteiger partial charge on any atom is 0.417 e. The monoisotopic (exact) mass is 510 g/mol. The van der Waals surface area contributed by atoms with Crippen LogP contribution in [0.1, 0.15) is 36.9 Å². The minimum absolute atomic E-state index is 0.0968. The van der Waals surface area contributed by atoms with E-state index < -0.39 is 17.9 Å². The van der Waals surface area contributed by atoms with Gasteiger partial charge in [0.15, 0.2) is 0 Å². The molecular weight excluding hydrogens is 488 g/mol. The van der Waals surface area contributed by atoms with Crippen LogP contribution in [0.2, 0.25) is 0 Å². The molecule has 4 aromatic heterocycles. The maximum atomic E-state index is 13.4. The number of aromatic amines is 1. The van der Waals surface area contributed by atoms with Crippen molar-refractivity contribution in [2.75, 3.05) is 23.3 Å².